The number of hydrogen-bond donors (Lipinski definition) is 2. The van der Waals surface area contributed by atoms with Crippen LogP contribution in [0.2, 0.25) is 0 Å². The van der Waals surface area contributed by atoms with Crippen molar-refractivity contribution >= 4 is 10.9 Å². The number of aromatic nitrogens is 2. The number of piperidine rings is 1. The topological polar surface area (TPSA) is 85.2 Å². The highest BCUT2D eigenvalue weighted by Crippen LogP contribution is 2.27. The number of nitrogens with zero attached hydrogens (tertiary/aromatic N) is 3. The van der Waals surface area contributed by atoms with Gasteiger partial charge in [-0.15, -0.1) is 12.8 Å². The molecule has 0 atom stereocenters. The third kappa shape index (κ3) is 7.91. The number of aliphatic hydroxyl groups excluding tert-OH is 1. The summed E-state index contributed by atoms with van der Waals surface area (Å²) in [5, 5.41) is 26.4. The number of likely N-dealkylation sites (tertiary alicyclic amines) is 1. The molecule has 1 aromatic heterocycles. The van der Waals surface area contributed by atoms with E-state index in [0.717, 1.165) is 40.8 Å². The van der Waals surface area contributed by atoms with E-state index in [1.165, 1.54) is 32.4 Å². The number of rotatable bonds is 7. The molecule has 37 heavy (non-hydrogen) atoms. The number of ether oxygens (including phenoxy) is 1. The summed E-state index contributed by atoms with van der Waals surface area (Å²) in [4.78, 5) is 2.23. The van der Waals surface area contributed by atoms with Crippen molar-refractivity contribution in [2.24, 2.45) is 0 Å². The molecule has 1 saturated heterocycles. The molecule has 7 heteroatoms. The molecule has 0 unspecified atom stereocenters. The first-order valence-electron chi connectivity index (χ1n) is 11.9. The monoisotopic (exact) mass is 500 g/mol. The number of nitriles is 1. The Morgan fingerprint density at radius 1 is 1.24 bits per heavy atom. The Hall–Kier alpha value is -4.17. The highest BCUT2D eigenvalue weighted by Gasteiger charge is 2.16. The standard InChI is InChI=1S/C15H11N3O.C13H20FNO.C2H2/c16-8-10-2-1-3-12(6-10)15-13-7-11(9-19)4-5-14(13)17-18-15;1-4-13(16-3)12(11(2)14)10-15-8-6-5-7-9-15;1-2/h1-7,19H,9H2,(H,17,18);4H,1-2,5-10H2,3H3;1-2H/b;13-12+;. The van der Waals surface area contributed by atoms with Gasteiger partial charge >= 0.3 is 0 Å². The van der Waals surface area contributed by atoms with Crippen molar-refractivity contribution in [3.8, 4) is 30.2 Å². The Bertz CT molecular complexity index is 1290. The molecule has 1 fully saturated rings. The second-order valence-corrected chi connectivity index (χ2v) is 8.30. The van der Waals surface area contributed by atoms with Gasteiger partial charge in [0.1, 0.15) is 11.6 Å². The van der Waals surface area contributed by atoms with Gasteiger partial charge in [0.15, 0.2) is 0 Å². The van der Waals surface area contributed by atoms with Crippen molar-refractivity contribution in [1.82, 2.24) is 15.1 Å². The van der Waals surface area contributed by atoms with E-state index in [4.69, 9.17) is 10.00 Å². The minimum atomic E-state index is -0.428. The van der Waals surface area contributed by atoms with Gasteiger partial charge < -0.3 is 9.84 Å². The quantitative estimate of drug-likeness (QED) is 0.240. The van der Waals surface area contributed by atoms with Gasteiger partial charge in [-0.2, -0.15) is 10.4 Å². The number of hydrogen-bond acceptors (Lipinski definition) is 5. The number of terminal acetylenes is 1. The summed E-state index contributed by atoms with van der Waals surface area (Å²) in [6.07, 6.45) is 13.2. The maximum absolute atomic E-state index is 13.3. The van der Waals surface area contributed by atoms with Crippen molar-refractivity contribution in [1.29, 1.82) is 5.26 Å². The number of benzene rings is 2. The fourth-order valence-electron chi connectivity index (χ4n) is 4.08. The third-order valence-corrected chi connectivity index (χ3v) is 5.94. The van der Waals surface area contributed by atoms with Crippen molar-refractivity contribution in [2.45, 2.75) is 25.9 Å². The van der Waals surface area contributed by atoms with Crippen molar-refractivity contribution < 1.29 is 14.2 Å². The number of halogens is 1. The number of fused-ring (bicyclic) bond motifs is 1. The van der Waals surface area contributed by atoms with Gasteiger partial charge in [0.05, 0.1) is 36.6 Å². The van der Waals surface area contributed by atoms with Gasteiger partial charge in [-0.1, -0.05) is 37.8 Å². The van der Waals surface area contributed by atoms with E-state index in [-0.39, 0.29) is 6.61 Å². The van der Waals surface area contributed by atoms with E-state index in [9.17, 15) is 9.50 Å². The molecular formula is C30H33FN4O2. The van der Waals surface area contributed by atoms with Crippen molar-refractivity contribution in [2.75, 3.05) is 26.7 Å². The number of nitrogens with one attached hydrogen (secondary N) is 1. The molecule has 2 N–H and O–H groups in total. The lowest BCUT2D eigenvalue weighted by Gasteiger charge is -2.27. The number of aliphatic hydroxyl groups is 1. The molecule has 0 aliphatic carbocycles. The first-order chi connectivity index (χ1) is 18.0. The average molecular weight is 501 g/mol. The van der Waals surface area contributed by atoms with E-state index >= 15 is 0 Å². The minimum Gasteiger partial charge on any atom is -0.496 e. The Balaban J connectivity index is 0.000000248. The molecule has 4 rings (SSSR count). The molecular weight excluding hydrogens is 467 g/mol. The summed E-state index contributed by atoms with van der Waals surface area (Å²) in [5.41, 5.74) is 4.55. The summed E-state index contributed by atoms with van der Waals surface area (Å²) in [6, 6.07) is 15.1. The summed E-state index contributed by atoms with van der Waals surface area (Å²) in [6.45, 7) is 9.57. The molecule has 0 saturated carbocycles. The van der Waals surface area contributed by atoms with Gasteiger partial charge in [-0.25, -0.2) is 4.39 Å². The van der Waals surface area contributed by atoms with Crippen LogP contribution in [0, 0.1) is 24.2 Å². The molecule has 1 aliphatic heterocycles. The Labute approximate surface area is 218 Å². The maximum atomic E-state index is 13.3. The van der Waals surface area contributed by atoms with Crippen LogP contribution in [0.5, 0.6) is 0 Å². The largest absolute Gasteiger partial charge is 0.496 e. The van der Waals surface area contributed by atoms with Gasteiger partial charge in [-0.05, 0) is 61.8 Å². The smallest absolute Gasteiger partial charge is 0.125 e. The van der Waals surface area contributed by atoms with Gasteiger partial charge in [0.25, 0.3) is 0 Å². The van der Waals surface area contributed by atoms with Gasteiger partial charge in [-0.3, -0.25) is 10.00 Å². The molecule has 2 aromatic carbocycles. The molecule has 192 valence electrons. The Morgan fingerprint density at radius 2 is 1.97 bits per heavy atom. The van der Waals surface area contributed by atoms with Gasteiger partial charge in [0.2, 0.25) is 0 Å². The van der Waals surface area contributed by atoms with Crippen LogP contribution in [0.4, 0.5) is 4.39 Å². The molecule has 0 radical (unpaired) electrons. The molecule has 1 aliphatic rings. The summed E-state index contributed by atoms with van der Waals surface area (Å²) in [5.74, 6) is 0.0559. The number of methoxy groups -OCH3 is 1. The zero-order valence-corrected chi connectivity index (χ0v) is 21.2. The molecule has 0 bridgehead atoms. The first-order valence-corrected chi connectivity index (χ1v) is 11.9. The van der Waals surface area contributed by atoms with Crippen LogP contribution in [0.3, 0.4) is 0 Å². The van der Waals surface area contributed by atoms with Crippen LogP contribution in [0.15, 0.2) is 78.9 Å². The van der Waals surface area contributed by atoms with Crippen molar-refractivity contribution in [3.63, 3.8) is 0 Å². The van der Waals surface area contributed by atoms with Crippen LogP contribution < -0.4 is 0 Å². The zero-order chi connectivity index (χ0) is 27.2. The Kier molecular flexibility index (Phi) is 11.8. The van der Waals surface area contributed by atoms with Crippen LogP contribution in [0.25, 0.3) is 22.2 Å². The predicted molar refractivity (Wildman–Crippen MR) is 147 cm³/mol. The first kappa shape index (κ1) is 29.1. The molecule has 0 spiro atoms. The highest BCUT2D eigenvalue weighted by molar-refractivity contribution is 5.93. The second-order valence-electron chi connectivity index (χ2n) is 8.30. The SMILES string of the molecule is C#C.C=C/C(OC)=C(/CN1CCCCC1)C(=C)F.N#Cc1cccc(-c2n[nH]c3ccc(CO)cc23)c1. The van der Waals surface area contributed by atoms with Crippen LogP contribution >= 0.6 is 0 Å². The molecule has 3 aromatic rings. The van der Waals surface area contributed by atoms with E-state index in [0.29, 0.717) is 23.4 Å². The highest BCUT2D eigenvalue weighted by atomic mass is 19.1. The second kappa shape index (κ2) is 15.1. The van der Waals surface area contributed by atoms with Crippen LogP contribution in [0.1, 0.15) is 30.4 Å². The fraction of sp³-hybridized carbons (Fsp3) is 0.267. The van der Waals surface area contributed by atoms with E-state index in [1.54, 1.807) is 12.1 Å². The molecule has 2 heterocycles. The summed E-state index contributed by atoms with van der Waals surface area (Å²) >= 11 is 0. The lowest BCUT2D eigenvalue weighted by Crippen LogP contribution is -2.32. The number of allylic oxidation sites excluding steroid dienone is 1. The maximum Gasteiger partial charge on any atom is 0.125 e. The minimum absolute atomic E-state index is 0.00120. The predicted octanol–water partition coefficient (Wildman–Crippen LogP) is 5.89. The average Bonchev–Trinajstić information content (AvgIpc) is 3.38. The van der Waals surface area contributed by atoms with Crippen LogP contribution in [-0.2, 0) is 11.3 Å². The zero-order valence-electron chi connectivity index (χ0n) is 21.2. The van der Waals surface area contributed by atoms with Crippen LogP contribution in [-0.4, -0.2) is 46.9 Å². The van der Waals surface area contributed by atoms with E-state index in [2.05, 4.69) is 47.2 Å². The number of aromatic amines is 1. The normalized spacial score (nSPS) is 13.6. The van der Waals surface area contributed by atoms with Gasteiger partial charge in [0, 0.05) is 23.1 Å². The van der Waals surface area contributed by atoms with E-state index in [1.807, 2.05) is 30.3 Å². The van der Waals surface area contributed by atoms with Crippen molar-refractivity contribution in [3.05, 3.63) is 90.0 Å². The lowest BCUT2D eigenvalue weighted by atomic mass is 10.0. The molecule has 0 amide bonds. The lowest BCUT2D eigenvalue weighted by molar-refractivity contribution is 0.237. The Morgan fingerprint density at radius 3 is 2.57 bits per heavy atom. The summed E-state index contributed by atoms with van der Waals surface area (Å²) < 4.78 is 18.4. The third-order valence-electron chi connectivity index (χ3n) is 5.94. The fourth-order valence-corrected chi connectivity index (χ4v) is 4.08. The van der Waals surface area contributed by atoms with E-state index < -0.39 is 5.83 Å². The summed E-state index contributed by atoms with van der Waals surface area (Å²) in [7, 11) is 1.52. The molecule has 6 nitrogen and oxygen atoms in total. The number of H-pyrrole nitrogens is 1.